The van der Waals surface area contributed by atoms with Crippen LogP contribution in [0.5, 0.6) is 0 Å². The molecule has 4 heteroatoms. The third-order valence-corrected chi connectivity index (χ3v) is 2.48. The van der Waals surface area contributed by atoms with Gasteiger partial charge >= 0.3 is 0 Å². The van der Waals surface area contributed by atoms with Crippen molar-refractivity contribution in [1.82, 2.24) is 0 Å². The lowest BCUT2D eigenvalue weighted by molar-refractivity contribution is -0.124. The molecule has 1 unspecified atom stereocenters. The SMILES string of the molecule is O=C(Nc1ccccc1)C(O)c1ccc(F)cc1. The second kappa shape index (κ2) is 5.42. The van der Waals surface area contributed by atoms with Gasteiger partial charge in [-0.2, -0.15) is 0 Å². The van der Waals surface area contributed by atoms with E-state index < -0.39 is 17.8 Å². The number of aliphatic hydroxyl groups is 1. The zero-order valence-electron chi connectivity index (χ0n) is 9.51. The fraction of sp³-hybridized carbons (Fsp3) is 0.0714. The molecule has 0 saturated carbocycles. The maximum absolute atomic E-state index is 12.7. The third kappa shape index (κ3) is 2.93. The number of rotatable bonds is 3. The minimum atomic E-state index is -1.31. The standard InChI is InChI=1S/C14H12FNO2/c15-11-8-6-10(7-9-11)13(17)14(18)16-12-4-2-1-3-5-12/h1-9,13,17H,(H,16,18). The highest BCUT2D eigenvalue weighted by Crippen LogP contribution is 2.16. The van der Waals surface area contributed by atoms with Crippen molar-refractivity contribution in [3.63, 3.8) is 0 Å². The fourth-order valence-corrected chi connectivity index (χ4v) is 1.53. The van der Waals surface area contributed by atoms with Gasteiger partial charge in [0.2, 0.25) is 0 Å². The van der Waals surface area contributed by atoms with Gasteiger partial charge in [0.05, 0.1) is 0 Å². The summed E-state index contributed by atoms with van der Waals surface area (Å²) in [6, 6.07) is 14.0. The highest BCUT2D eigenvalue weighted by Gasteiger charge is 2.17. The van der Waals surface area contributed by atoms with E-state index in [4.69, 9.17) is 0 Å². The Bertz CT molecular complexity index is 525. The molecular formula is C14H12FNO2. The van der Waals surface area contributed by atoms with Crippen LogP contribution in [0.25, 0.3) is 0 Å². The number of amides is 1. The van der Waals surface area contributed by atoms with Crippen molar-refractivity contribution < 1.29 is 14.3 Å². The van der Waals surface area contributed by atoms with Crippen LogP contribution in [-0.4, -0.2) is 11.0 Å². The molecule has 0 radical (unpaired) electrons. The molecule has 0 aliphatic heterocycles. The lowest BCUT2D eigenvalue weighted by atomic mass is 10.1. The van der Waals surface area contributed by atoms with Crippen LogP contribution in [0.1, 0.15) is 11.7 Å². The number of halogens is 1. The van der Waals surface area contributed by atoms with Gasteiger partial charge in [-0.15, -0.1) is 0 Å². The summed E-state index contributed by atoms with van der Waals surface area (Å²) < 4.78 is 12.7. The molecule has 18 heavy (non-hydrogen) atoms. The maximum Gasteiger partial charge on any atom is 0.257 e. The number of benzene rings is 2. The topological polar surface area (TPSA) is 49.3 Å². The molecule has 92 valence electrons. The van der Waals surface area contributed by atoms with E-state index in [1.165, 1.54) is 24.3 Å². The van der Waals surface area contributed by atoms with Crippen molar-refractivity contribution >= 4 is 11.6 Å². The predicted molar refractivity (Wildman–Crippen MR) is 66.4 cm³/mol. The summed E-state index contributed by atoms with van der Waals surface area (Å²) in [5.41, 5.74) is 0.952. The fourth-order valence-electron chi connectivity index (χ4n) is 1.53. The molecule has 1 amide bonds. The zero-order valence-corrected chi connectivity index (χ0v) is 9.51. The first-order valence-corrected chi connectivity index (χ1v) is 5.46. The smallest absolute Gasteiger partial charge is 0.257 e. The van der Waals surface area contributed by atoms with E-state index in [1.54, 1.807) is 24.3 Å². The molecule has 0 spiro atoms. The van der Waals surface area contributed by atoms with E-state index in [-0.39, 0.29) is 0 Å². The van der Waals surface area contributed by atoms with Crippen molar-refractivity contribution in [3.8, 4) is 0 Å². The van der Waals surface area contributed by atoms with Crippen LogP contribution in [0.4, 0.5) is 10.1 Å². The molecule has 0 bridgehead atoms. The molecule has 2 aromatic carbocycles. The Balaban J connectivity index is 2.07. The Morgan fingerprint density at radius 1 is 1.06 bits per heavy atom. The van der Waals surface area contributed by atoms with Crippen LogP contribution in [-0.2, 0) is 4.79 Å². The van der Waals surface area contributed by atoms with Crippen LogP contribution in [0.2, 0.25) is 0 Å². The summed E-state index contributed by atoms with van der Waals surface area (Å²) in [5.74, 6) is -0.956. The molecular weight excluding hydrogens is 233 g/mol. The first kappa shape index (κ1) is 12.3. The Labute approximate surface area is 104 Å². The first-order valence-electron chi connectivity index (χ1n) is 5.46. The molecule has 0 fully saturated rings. The van der Waals surface area contributed by atoms with Gasteiger partial charge in [-0.25, -0.2) is 4.39 Å². The van der Waals surface area contributed by atoms with Crippen LogP contribution >= 0.6 is 0 Å². The molecule has 0 heterocycles. The number of para-hydroxylation sites is 1. The van der Waals surface area contributed by atoms with E-state index in [0.717, 1.165) is 0 Å². The summed E-state index contributed by atoms with van der Waals surface area (Å²) in [7, 11) is 0. The normalized spacial score (nSPS) is 11.9. The Morgan fingerprint density at radius 2 is 1.67 bits per heavy atom. The van der Waals surface area contributed by atoms with Gasteiger partial charge in [0, 0.05) is 5.69 Å². The summed E-state index contributed by atoms with van der Waals surface area (Å²) in [6.07, 6.45) is -1.31. The molecule has 0 aliphatic rings. The van der Waals surface area contributed by atoms with E-state index in [2.05, 4.69) is 5.32 Å². The number of aliphatic hydroxyl groups excluding tert-OH is 1. The average Bonchev–Trinajstić information content (AvgIpc) is 2.40. The molecule has 0 aromatic heterocycles. The average molecular weight is 245 g/mol. The van der Waals surface area contributed by atoms with Crippen molar-refractivity contribution in [2.75, 3.05) is 5.32 Å². The van der Waals surface area contributed by atoms with Crippen LogP contribution in [0.3, 0.4) is 0 Å². The largest absolute Gasteiger partial charge is 0.378 e. The van der Waals surface area contributed by atoms with Gasteiger partial charge in [0.1, 0.15) is 5.82 Å². The van der Waals surface area contributed by atoms with Gasteiger partial charge in [0.15, 0.2) is 6.10 Å². The lowest BCUT2D eigenvalue weighted by Gasteiger charge is -2.11. The van der Waals surface area contributed by atoms with Gasteiger partial charge in [-0.3, -0.25) is 4.79 Å². The first-order chi connectivity index (χ1) is 8.66. The molecule has 2 aromatic rings. The second-order valence-electron chi connectivity index (χ2n) is 3.81. The van der Waals surface area contributed by atoms with E-state index >= 15 is 0 Å². The highest BCUT2D eigenvalue weighted by atomic mass is 19.1. The van der Waals surface area contributed by atoms with E-state index in [9.17, 15) is 14.3 Å². The Morgan fingerprint density at radius 3 is 2.28 bits per heavy atom. The van der Waals surface area contributed by atoms with Gasteiger partial charge in [-0.05, 0) is 29.8 Å². The lowest BCUT2D eigenvalue weighted by Crippen LogP contribution is -2.20. The Kier molecular flexibility index (Phi) is 3.69. The van der Waals surface area contributed by atoms with E-state index in [0.29, 0.717) is 11.3 Å². The van der Waals surface area contributed by atoms with Gasteiger partial charge in [-0.1, -0.05) is 30.3 Å². The minimum absolute atomic E-state index is 0.352. The van der Waals surface area contributed by atoms with Crippen LogP contribution < -0.4 is 5.32 Å². The predicted octanol–water partition coefficient (Wildman–Crippen LogP) is 2.50. The molecule has 1 atom stereocenters. The molecule has 3 nitrogen and oxygen atoms in total. The van der Waals surface area contributed by atoms with Crippen molar-refractivity contribution in [3.05, 3.63) is 66.0 Å². The third-order valence-electron chi connectivity index (χ3n) is 2.48. The zero-order chi connectivity index (χ0) is 13.0. The number of carbonyl (C=O) groups excluding carboxylic acids is 1. The Hall–Kier alpha value is -2.20. The van der Waals surface area contributed by atoms with Crippen LogP contribution in [0, 0.1) is 5.82 Å². The summed E-state index contributed by atoms with van der Waals surface area (Å²) in [6.45, 7) is 0. The molecule has 0 aliphatic carbocycles. The molecule has 2 N–H and O–H groups in total. The summed E-state index contributed by atoms with van der Waals surface area (Å²) >= 11 is 0. The second-order valence-corrected chi connectivity index (χ2v) is 3.81. The number of nitrogens with one attached hydrogen (secondary N) is 1. The van der Waals surface area contributed by atoms with Crippen molar-refractivity contribution in [2.45, 2.75) is 6.10 Å². The quantitative estimate of drug-likeness (QED) is 0.872. The van der Waals surface area contributed by atoms with Crippen LogP contribution in [0.15, 0.2) is 54.6 Å². The monoisotopic (exact) mass is 245 g/mol. The number of hydrogen-bond donors (Lipinski definition) is 2. The summed E-state index contributed by atoms with van der Waals surface area (Å²) in [4.78, 5) is 11.7. The maximum atomic E-state index is 12.7. The van der Waals surface area contributed by atoms with Gasteiger partial charge in [0.25, 0.3) is 5.91 Å². The van der Waals surface area contributed by atoms with Crippen molar-refractivity contribution in [2.24, 2.45) is 0 Å². The molecule has 0 saturated heterocycles. The number of carbonyl (C=O) groups is 1. The number of hydrogen-bond acceptors (Lipinski definition) is 2. The van der Waals surface area contributed by atoms with E-state index in [1.807, 2.05) is 6.07 Å². The van der Waals surface area contributed by atoms with Gasteiger partial charge < -0.3 is 10.4 Å². The minimum Gasteiger partial charge on any atom is -0.378 e. The number of anilines is 1. The van der Waals surface area contributed by atoms with Crippen molar-refractivity contribution in [1.29, 1.82) is 0 Å². The molecule has 2 rings (SSSR count). The summed E-state index contributed by atoms with van der Waals surface area (Å²) in [5, 5.41) is 12.4. The highest BCUT2D eigenvalue weighted by molar-refractivity contribution is 5.94.